The van der Waals surface area contributed by atoms with E-state index in [4.69, 9.17) is 5.73 Å². The highest BCUT2D eigenvalue weighted by molar-refractivity contribution is 5.63. The summed E-state index contributed by atoms with van der Waals surface area (Å²) in [4.78, 5) is 7.04. The van der Waals surface area contributed by atoms with E-state index in [1.165, 1.54) is 6.92 Å². The Bertz CT molecular complexity index is 682. The first kappa shape index (κ1) is 15.3. The smallest absolute Gasteiger partial charge is 0.326 e. The minimum atomic E-state index is -4.80. The molecular formula is C13H10F5N3. The van der Waals surface area contributed by atoms with Crippen molar-refractivity contribution in [2.75, 3.05) is 0 Å². The summed E-state index contributed by atoms with van der Waals surface area (Å²) in [5.41, 5.74) is 2.95. The molecule has 1 aromatic heterocycles. The lowest BCUT2D eigenvalue weighted by atomic mass is 10.0. The topological polar surface area (TPSA) is 51.8 Å². The first-order chi connectivity index (χ1) is 9.75. The summed E-state index contributed by atoms with van der Waals surface area (Å²) in [7, 11) is 0. The van der Waals surface area contributed by atoms with Crippen LogP contribution in [-0.4, -0.2) is 9.97 Å². The molecule has 21 heavy (non-hydrogen) atoms. The van der Waals surface area contributed by atoms with Crippen LogP contribution in [0.4, 0.5) is 22.0 Å². The summed E-state index contributed by atoms with van der Waals surface area (Å²) in [6, 6.07) is 1.67. The van der Waals surface area contributed by atoms with Gasteiger partial charge in [-0.1, -0.05) is 6.07 Å². The predicted molar refractivity (Wildman–Crippen MR) is 65.0 cm³/mol. The van der Waals surface area contributed by atoms with Gasteiger partial charge in [0.05, 0.1) is 23.0 Å². The van der Waals surface area contributed by atoms with Crippen LogP contribution in [0.15, 0.2) is 18.3 Å². The molecule has 2 aromatic rings. The standard InChI is InChI=1S/C13H10F5N3/c1-6-9(14)5-20-12(21-6)10-8(13(16,17)18)3-2-7(4-19)11(10)15/h2-3,5H,4,19H2,1H3. The summed E-state index contributed by atoms with van der Waals surface area (Å²) in [6.45, 7) is 0.968. The number of aromatic nitrogens is 2. The fraction of sp³-hybridized carbons (Fsp3) is 0.231. The number of rotatable bonds is 2. The van der Waals surface area contributed by atoms with Gasteiger partial charge in [-0.25, -0.2) is 18.7 Å². The van der Waals surface area contributed by atoms with E-state index < -0.39 is 34.8 Å². The van der Waals surface area contributed by atoms with Crippen LogP contribution < -0.4 is 5.73 Å². The molecule has 8 heteroatoms. The normalized spacial score (nSPS) is 11.8. The number of halogens is 5. The fourth-order valence-corrected chi connectivity index (χ4v) is 1.80. The van der Waals surface area contributed by atoms with Gasteiger partial charge in [0.15, 0.2) is 11.6 Å². The number of alkyl halides is 3. The van der Waals surface area contributed by atoms with Crippen LogP contribution in [0.2, 0.25) is 0 Å². The van der Waals surface area contributed by atoms with Crippen molar-refractivity contribution >= 4 is 0 Å². The molecule has 0 aliphatic rings. The molecule has 0 aliphatic carbocycles. The molecule has 1 heterocycles. The first-order valence-corrected chi connectivity index (χ1v) is 5.84. The first-order valence-electron chi connectivity index (χ1n) is 5.84. The molecule has 0 saturated heterocycles. The van der Waals surface area contributed by atoms with Crippen molar-refractivity contribution in [2.45, 2.75) is 19.6 Å². The Kier molecular flexibility index (Phi) is 3.91. The third-order valence-corrected chi connectivity index (χ3v) is 2.89. The van der Waals surface area contributed by atoms with Gasteiger partial charge in [0.1, 0.15) is 5.82 Å². The molecule has 0 saturated carbocycles. The zero-order chi connectivity index (χ0) is 15.8. The van der Waals surface area contributed by atoms with E-state index in [-0.39, 0.29) is 17.8 Å². The quantitative estimate of drug-likeness (QED) is 0.867. The minimum absolute atomic E-state index is 0.108. The van der Waals surface area contributed by atoms with Crippen molar-refractivity contribution in [3.63, 3.8) is 0 Å². The van der Waals surface area contributed by atoms with Crippen molar-refractivity contribution in [1.82, 2.24) is 9.97 Å². The number of nitrogens with zero attached hydrogens (tertiary/aromatic N) is 2. The van der Waals surface area contributed by atoms with Crippen molar-refractivity contribution in [3.8, 4) is 11.4 Å². The molecule has 112 valence electrons. The van der Waals surface area contributed by atoms with E-state index in [1.807, 2.05) is 0 Å². The number of nitrogens with two attached hydrogens (primary N) is 1. The minimum Gasteiger partial charge on any atom is -0.326 e. The lowest BCUT2D eigenvalue weighted by molar-refractivity contribution is -0.137. The predicted octanol–water partition coefficient (Wildman–Crippen LogP) is 3.21. The van der Waals surface area contributed by atoms with Gasteiger partial charge >= 0.3 is 6.18 Å². The second-order valence-electron chi connectivity index (χ2n) is 4.29. The molecule has 0 spiro atoms. The van der Waals surface area contributed by atoms with E-state index in [1.54, 1.807) is 0 Å². The van der Waals surface area contributed by atoms with Gasteiger partial charge in [0, 0.05) is 12.1 Å². The van der Waals surface area contributed by atoms with Crippen LogP contribution in [0.25, 0.3) is 11.4 Å². The number of aryl methyl sites for hydroxylation is 1. The molecular weight excluding hydrogens is 293 g/mol. The average molecular weight is 303 g/mol. The zero-order valence-corrected chi connectivity index (χ0v) is 10.8. The summed E-state index contributed by atoms with van der Waals surface area (Å²) >= 11 is 0. The maximum absolute atomic E-state index is 14.2. The van der Waals surface area contributed by atoms with E-state index in [0.29, 0.717) is 12.3 Å². The third kappa shape index (κ3) is 2.85. The van der Waals surface area contributed by atoms with Gasteiger partial charge in [0.2, 0.25) is 0 Å². The highest BCUT2D eigenvalue weighted by Gasteiger charge is 2.36. The van der Waals surface area contributed by atoms with Crippen molar-refractivity contribution in [3.05, 3.63) is 46.8 Å². The second-order valence-corrected chi connectivity index (χ2v) is 4.29. The van der Waals surface area contributed by atoms with Crippen LogP contribution in [0.5, 0.6) is 0 Å². The molecule has 0 radical (unpaired) electrons. The maximum atomic E-state index is 14.2. The SMILES string of the molecule is Cc1nc(-c2c(C(F)(F)F)ccc(CN)c2F)ncc1F. The van der Waals surface area contributed by atoms with E-state index >= 15 is 0 Å². The Morgan fingerprint density at radius 1 is 1.19 bits per heavy atom. The average Bonchev–Trinajstić information content (AvgIpc) is 2.40. The van der Waals surface area contributed by atoms with Crippen LogP contribution in [0.1, 0.15) is 16.8 Å². The molecule has 1 aromatic carbocycles. The summed E-state index contributed by atoms with van der Waals surface area (Å²) in [5, 5.41) is 0. The Morgan fingerprint density at radius 3 is 2.38 bits per heavy atom. The molecule has 2 N–H and O–H groups in total. The Labute approximate surface area is 116 Å². The van der Waals surface area contributed by atoms with E-state index in [0.717, 1.165) is 6.07 Å². The van der Waals surface area contributed by atoms with Crippen molar-refractivity contribution < 1.29 is 22.0 Å². The van der Waals surface area contributed by atoms with Crippen molar-refractivity contribution in [1.29, 1.82) is 0 Å². The molecule has 0 bridgehead atoms. The van der Waals surface area contributed by atoms with Gasteiger partial charge in [-0.2, -0.15) is 13.2 Å². The highest BCUT2D eigenvalue weighted by atomic mass is 19.4. The van der Waals surface area contributed by atoms with Crippen LogP contribution in [0.3, 0.4) is 0 Å². The monoisotopic (exact) mass is 303 g/mol. The molecule has 0 unspecified atom stereocenters. The highest BCUT2D eigenvalue weighted by Crippen LogP contribution is 2.38. The molecule has 0 atom stereocenters. The maximum Gasteiger partial charge on any atom is 0.417 e. The summed E-state index contributed by atoms with van der Waals surface area (Å²) < 4.78 is 66.4. The van der Waals surface area contributed by atoms with Gasteiger partial charge < -0.3 is 5.73 Å². The zero-order valence-electron chi connectivity index (χ0n) is 10.8. The van der Waals surface area contributed by atoms with E-state index in [9.17, 15) is 22.0 Å². The van der Waals surface area contributed by atoms with Crippen LogP contribution in [0, 0.1) is 18.6 Å². The van der Waals surface area contributed by atoms with Crippen LogP contribution in [-0.2, 0) is 12.7 Å². The number of hydrogen-bond donors (Lipinski definition) is 1. The van der Waals surface area contributed by atoms with Crippen molar-refractivity contribution in [2.24, 2.45) is 5.73 Å². The van der Waals surface area contributed by atoms with Gasteiger partial charge in [-0.3, -0.25) is 0 Å². The molecule has 0 fully saturated rings. The van der Waals surface area contributed by atoms with Gasteiger partial charge in [-0.15, -0.1) is 0 Å². The number of benzene rings is 1. The number of hydrogen-bond acceptors (Lipinski definition) is 3. The third-order valence-electron chi connectivity index (χ3n) is 2.89. The summed E-state index contributed by atoms with van der Waals surface area (Å²) in [6.07, 6.45) is -4.10. The van der Waals surface area contributed by atoms with Gasteiger partial charge in [0.25, 0.3) is 0 Å². The molecule has 0 aliphatic heterocycles. The lowest BCUT2D eigenvalue weighted by Gasteiger charge is -2.15. The molecule has 3 nitrogen and oxygen atoms in total. The largest absolute Gasteiger partial charge is 0.417 e. The van der Waals surface area contributed by atoms with Crippen LogP contribution >= 0.6 is 0 Å². The molecule has 2 rings (SSSR count). The van der Waals surface area contributed by atoms with E-state index in [2.05, 4.69) is 9.97 Å². The summed E-state index contributed by atoms with van der Waals surface area (Å²) in [5.74, 6) is -2.48. The second kappa shape index (κ2) is 5.36. The molecule has 0 amide bonds. The Morgan fingerprint density at radius 2 is 1.86 bits per heavy atom. The van der Waals surface area contributed by atoms with Gasteiger partial charge in [-0.05, 0) is 13.0 Å². The Balaban J connectivity index is 2.77. The lowest BCUT2D eigenvalue weighted by Crippen LogP contribution is -2.13. The fourth-order valence-electron chi connectivity index (χ4n) is 1.80. The Hall–Kier alpha value is -2.09.